The van der Waals surface area contributed by atoms with E-state index in [-0.39, 0.29) is 11.8 Å². The topological polar surface area (TPSA) is 46.5 Å². The number of carboxylic acid groups (broad SMARTS) is 1. The second-order valence-electron chi connectivity index (χ2n) is 6.31. The number of methoxy groups -OCH3 is 1. The Bertz CT molecular complexity index is 495. The summed E-state index contributed by atoms with van der Waals surface area (Å²) in [7, 11) is 1.68. The highest BCUT2D eigenvalue weighted by atomic mass is 16.5. The van der Waals surface area contributed by atoms with Crippen LogP contribution in [0.1, 0.15) is 43.7 Å². The SMILES string of the molecule is CCC1CCC(C(=O)O)C(Cc2cc(C)ccc2OC)C1. The molecule has 0 heterocycles. The standard InChI is InChI=1S/C18H26O3/c1-4-13-6-7-16(18(19)20)14(10-13)11-15-9-12(2)5-8-17(15)21-3/h5,8-9,13-14,16H,4,6-7,10-11H2,1-3H3,(H,19,20). The zero-order valence-corrected chi connectivity index (χ0v) is 13.3. The predicted molar refractivity (Wildman–Crippen MR) is 83.7 cm³/mol. The van der Waals surface area contributed by atoms with Crippen LogP contribution in [-0.4, -0.2) is 18.2 Å². The molecule has 1 N–H and O–H groups in total. The van der Waals surface area contributed by atoms with Crippen LogP contribution >= 0.6 is 0 Å². The number of carboxylic acids is 1. The summed E-state index contributed by atoms with van der Waals surface area (Å²) in [5.41, 5.74) is 2.34. The second-order valence-corrected chi connectivity index (χ2v) is 6.31. The third kappa shape index (κ3) is 3.78. The van der Waals surface area contributed by atoms with Crippen molar-refractivity contribution >= 4 is 5.97 Å². The maximum absolute atomic E-state index is 11.5. The Morgan fingerprint density at radius 2 is 2.14 bits per heavy atom. The lowest BCUT2D eigenvalue weighted by atomic mass is 9.71. The molecule has 1 aliphatic carbocycles. The third-order valence-electron chi connectivity index (χ3n) is 4.90. The van der Waals surface area contributed by atoms with Gasteiger partial charge in [-0.1, -0.05) is 31.0 Å². The van der Waals surface area contributed by atoms with Crippen LogP contribution < -0.4 is 4.74 Å². The number of benzene rings is 1. The van der Waals surface area contributed by atoms with Gasteiger partial charge in [-0.05, 0) is 56.1 Å². The highest BCUT2D eigenvalue weighted by Gasteiger charge is 2.34. The van der Waals surface area contributed by atoms with E-state index < -0.39 is 5.97 Å². The highest BCUT2D eigenvalue weighted by Crippen LogP contribution is 2.39. The van der Waals surface area contributed by atoms with Crippen molar-refractivity contribution in [2.45, 2.75) is 46.0 Å². The van der Waals surface area contributed by atoms with Gasteiger partial charge >= 0.3 is 5.97 Å². The number of rotatable bonds is 5. The van der Waals surface area contributed by atoms with Crippen LogP contribution in [-0.2, 0) is 11.2 Å². The molecule has 1 aromatic rings. The largest absolute Gasteiger partial charge is 0.496 e. The lowest BCUT2D eigenvalue weighted by Gasteiger charge is -2.34. The van der Waals surface area contributed by atoms with Crippen molar-refractivity contribution in [2.24, 2.45) is 17.8 Å². The van der Waals surface area contributed by atoms with Crippen molar-refractivity contribution < 1.29 is 14.6 Å². The predicted octanol–water partition coefficient (Wildman–Crippen LogP) is 4.07. The van der Waals surface area contributed by atoms with Crippen LogP contribution in [0, 0.1) is 24.7 Å². The summed E-state index contributed by atoms with van der Waals surface area (Å²) < 4.78 is 5.44. The smallest absolute Gasteiger partial charge is 0.306 e. The minimum absolute atomic E-state index is 0.210. The van der Waals surface area contributed by atoms with E-state index in [2.05, 4.69) is 19.9 Å². The van der Waals surface area contributed by atoms with Crippen molar-refractivity contribution in [1.82, 2.24) is 0 Å². The van der Waals surface area contributed by atoms with Gasteiger partial charge in [-0.25, -0.2) is 0 Å². The molecule has 0 bridgehead atoms. The summed E-state index contributed by atoms with van der Waals surface area (Å²) >= 11 is 0. The number of hydrogen-bond acceptors (Lipinski definition) is 2. The third-order valence-corrected chi connectivity index (χ3v) is 4.90. The highest BCUT2D eigenvalue weighted by molar-refractivity contribution is 5.70. The van der Waals surface area contributed by atoms with Crippen LogP contribution in [0.5, 0.6) is 5.75 Å². The molecule has 3 atom stereocenters. The van der Waals surface area contributed by atoms with Gasteiger partial charge in [0.2, 0.25) is 0 Å². The van der Waals surface area contributed by atoms with Crippen LogP contribution in [0.15, 0.2) is 18.2 Å². The lowest BCUT2D eigenvalue weighted by molar-refractivity contribution is -0.145. The molecule has 2 rings (SSSR count). The zero-order valence-electron chi connectivity index (χ0n) is 13.3. The molecule has 1 saturated carbocycles. The van der Waals surface area contributed by atoms with Crippen LogP contribution in [0.2, 0.25) is 0 Å². The summed E-state index contributed by atoms with van der Waals surface area (Å²) in [6.07, 6.45) is 4.83. The van der Waals surface area contributed by atoms with E-state index >= 15 is 0 Å². The van der Waals surface area contributed by atoms with Crippen LogP contribution in [0.25, 0.3) is 0 Å². The fraction of sp³-hybridized carbons (Fsp3) is 0.611. The van der Waals surface area contributed by atoms with Gasteiger partial charge in [-0.15, -0.1) is 0 Å². The molecule has 0 saturated heterocycles. The van der Waals surface area contributed by atoms with Crippen molar-refractivity contribution in [3.8, 4) is 5.75 Å². The maximum atomic E-state index is 11.5. The average Bonchev–Trinajstić information content (AvgIpc) is 2.47. The van der Waals surface area contributed by atoms with E-state index in [1.807, 2.05) is 12.1 Å². The molecule has 0 amide bonds. The van der Waals surface area contributed by atoms with Crippen LogP contribution in [0.3, 0.4) is 0 Å². The maximum Gasteiger partial charge on any atom is 0.306 e. The minimum Gasteiger partial charge on any atom is -0.496 e. The van der Waals surface area contributed by atoms with Crippen molar-refractivity contribution in [3.05, 3.63) is 29.3 Å². The molecule has 0 aliphatic heterocycles. The number of aliphatic carboxylic acids is 1. The fourth-order valence-electron chi connectivity index (χ4n) is 3.63. The Balaban J connectivity index is 2.21. The molecule has 1 aromatic carbocycles. The van der Waals surface area contributed by atoms with E-state index in [1.165, 1.54) is 5.56 Å². The molecule has 3 unspecified atom stereocenters. The van der Waals surface area contributed by atoms with Gasteiger partial charge in [0.1, 0.15) is 5.75 Å². The number of hydrogen-bond donors (Lipinski definition) is 1. The molecular formula is C18H26O3. The summed E-state index contributed by atoms with van der Waals surface area (Å²) in [6, 6.07) is 6.15. The normalized spacial score (nSPS) is 25.6. The average molecular weight is 290 g/mol. The Morgan fingerprint density at radius 3 is 2.76 bits per heavy atom. The van der Waals surface area contributed by atoms with Gasteiger partial charge in [-0.3, -0.25) is 4.79 Å². The molecule has 3 nitrogen and oxygen atoms in total. The first-order chi connectivity index (χ1) is 10.0. The first-order valence-electron chi connectivity index (χ1n) is 7.91. The Labute approximate surface area is 127 Å². The number of ether oxygens (including phenoxy) is 1. The molecular weight excluding hydrogens is 264 g/mol. The summed E-state index contributed by atoms with van der Waals surface area (Å²) in [5.74, 6) is 0.917. The van der Waals surface area contributed by atoms with E-state index in [1.54, 1.807) is 7.11 Å². The zero-order chi connectivity index (χ0) is 15.4. The van der Waals surface area contributed by atoms with Gasteiger partial charge in [0.15, 0.2) is 0 Å². The fourth-order valence-corrected chi connectivity index (χ4v) is 3.63. The molecule has 21 heavy (non-hydrogen) atoms. The molecule has 0 spiro atoms. The van der Waals surface area contributed by atoms with Gasteiger partial charge in [0.05, 0.1) is 13.0 Å². The molecule has 0 radical (unpaired) electrons. The van der Waals surface area contributed by atoms with Crippen molar-refractivity contribution in [1.29, 1.82) is 0 Å². The van der Waals surface area contributed by atoms with E-state index in [4.69, 9.17) is 4.74 Å². The number of aryl methyl sites for hydroxylation is 1. The van der Waals surface area contributed by atoms with Crippen molar-refractivity contribution in [3.63, 3.8) is 0 Å². The minimum atomic E-state index is -0.638. The van der Waals surface area contributed by atoms with Crippen molar-refractivity contribution in [2.75, 3.05) is 7.11 Å². The van der Waals surface area contributed by atoms with E-state index in [0.717, 1.165) is 43.4 Å². The Kier molecular flexibility index (Phi) is 5.27. The van der Waals surface area contributed by atoms with E-state index in [0.29, 0.717) is 5.92 Å². The van der Waals surface area contributed by atoms with Gasteiger partial charge in [-0.2, -0.15) is 0 Å². The first-order valence-corrected chi connectivity index (χ1v) is 7.91. The molecule has 0 aromatic heterocycles. The molecule has 1 fully saturated rings. The first kappa shape index (κ1) is 15.9. The Hall–Kier alpha value is -1.51. The van der Waals surface area contributed by atoms with Gasteiger partial charge in [0, 0.05) is 0 Å². The van der Waals surface area contributed by atoms with Crippen LogP contribution in [0.4, 0.5) is 0 Å². The van der Waals surface area contributed by atoms with Gasteiger partial charge < -0.3 is 9.84 Å². The summed E-state index contributed by atoms with van der Waals surface area (Å²) in [4.78, 5) is 11.5. The Morgan fingerprint density at radius 1 is 1.38 bits per heavy atom. The lowest BCUT2D eigenvalue weighted by Crippen LogP contribution is -2.32. The monoisotopic (exact) mass is 290 g/mol. The molecule has 116 valence electrons. The van der Waals surface area contributed by atoms with Gasteiger partial charge in [0.25, 0.3) is 0 Å². The molecule has 1 aliphatic rings. The summed E-state index contributed by atoms with van der Waals surface area (Å²) in [6.45, 7) is 4.27. The molecule has 3 heteroatoms. The number of carbonyl (C=O) groups is 1. The quantitative estimate of drug-likeness (QED) is 0.889. The second kappa shape index (κ2) is 6.97. The summed E-state index contributed by atoms with van der Waals surface area (Å²) in [5, 5.41) is 9.50. The van der Waals surface area contributed by atoms with E-state index in [9.17, 15) is 9.90 Å².